The summed E-state index contributed by atoms with van der Waals surface area (Å²) in [7, 11) is -3.94. The van der Waals surface area contributed by atoms with Crippen LogP contribution in [-0.2, 0) is 26.8 Å². The average Bonchev–Trinajstić information content (AvgIpc) is 3.65. The van der Waals surface area contributed by atoms with Gasteiger partial charge < -0.3 is 14.8 Å². The Labute approximate surface area is 262 Å². The smallest absolute Gasteiger partial charge is 0.324 e. The fourth-order valence-corrected chi connectivity index (χ4v) is 6.20. The largest absolute Gasteiger partial charge is 0.457 e. The summed E-state index contributed by atoms with van der Waals surface area (Å²) in [6.07, 6.45) is 2.91. The summed E-state index contributed by atoms with van der Waals surface area (Å²) in [5.74, 6) is 0.300. The van der Waals surface area contributed by atoms with Crippen LogP contribution in [0.15, 0.2) is 77.8 Å². The van der Waals surface area contributed by atoms with Crippen LogP contribution < -0.4 is 15.4 Å². The highest BCUT2D eigenvalue weighted by Crippen LogP contribution is 2.28. The van der Waals surface area contributed by atoms with E-state index in [1.54, 1.807) is 42.6 Å². The molecule has 1 aliphatic heterocycles. The van der Waals surface area contributed by atoms with Gasteiger partial charge in [0.15, 0.2) is 0 Å². The Hall–Kier alpha value is -4.33. The molecular formula is C32H37FN6O5S. The number of aromatic nitrogens is 3. The van der Waals surface area contributed by atoms with E-state index in [1.807, 2.05) is 27.7 Å². The molecule has 1 aliphatic rings. The van der Waals surface area contributed by atoms with Crippen molar-refractivity contribution in [2.45, 2.75) is 63.6 Å². The first-order valence-corrected chi connectivity index (χ1v) is 16.1. The third-order valence-electron chi connectivity index (χ3n) is 7.19. The van der Waals surface area contributed by atoms with E-state index in [1.165, 1.54) is 39.3 Å². The molecule has 5 rings (SSSR count). The third-order valence-corrected chi connectivity index (χ3v) is 9.00. The lowest BCUT2D eigenvalue weighted by Crippen LogP contribution is -2.39. The van der Waals surface area contributed by atoms with Gasteiger partial charge in [-0.15, -0.1) is 0 Å². The van der Waals surface area contributed by atoms with E-state index < -0.39 is 27.3 Å². The van der Waals surface area contributed by atoms with E-state index in [0.717, 1.165) is 18.5 Å². The Kier molecular flexibility index (Phi) is 9.51. The van der Waals surface area contributed by atoms with Gasteiger partial charge in [-0.05, 0) is 50.1 Å². The van der Waals surface area contributed by atoms with Crippen LogP contribution in [0.25, 0.3) is 0 Å². The standard InChI is InChI=1S/C32H37FN6O5S/c1-22-17-24(14-15-34-22)44-23-12-13-28(27(33)18-23)35-31(40)36-30-19-29(32(2,3)4)37-39(30)21-38(20-25-9-8-16-43-25)45(41,42)26-10-6-5-7-11-26/h5-7,10-15,17-19,25H,8-9,16,20-21H2,1-4H3,(H2,35,36,40). The van der Waals surface area contributed by atoms with Crippen molar-refractivity contribution in [1.29, 1.82) is 0 Å². The predicted octanol–water partition coefficient (Wildman–Crippen LogP) is 6.29. The number of benzene rings is 2. The van der Waals surface area contributed by atoms with Crippen LogP contribution in [0.2, 0.25) is 0 Å². The van der Waals surface area contributed by atoms with Gasteiger partial charge in [-0.2, -0.15) is 9.40 Å². The Morgan fingerprint density at radius 3 is 2.51 bits per heavy atom. The molecule has 2 aromatic heterocycles. The summed E-state index contributed by atoms with van der Waals surface area (Å²) < 4.78 is 56.8. The number of rotatable bonds is 10. The van der Waals surface area contributed by atoms with Crippen molar-refractivity contribution in [2.24, 2.45) is 0 Å². The SMILES string of the molecule is Cc1cc(Oc2ccc(NC(=O)Nc3cc(C(C)(C)C)nn3CN(CC3CCCO3)S(=O)(=O)c3ccccc3)c(F)c2)ccn1. The van der Waals surface area contributed by atoms with Crippen LogP contribution in [0.5, 0.6) is 11.5 Å². The molecule has 238 valence electrons. The van der Waals surface area contributed by atoms with Gasteiger partial charge in [0.1, 0.15) is 29.8 Å². The molecule has 1 unspecified atom stereocenters. The lowest BCUT2D eigenvalue weighted by atomic mass is 9.92. The predicted molar refractivity (Wildman–Crippen MR) is 168 cm³/mol. The first-order chi connectivity index (χ1) is 21.4. The second kappa shape index (κ2) is 13.3. The van der Waals surface area contributed by atoms with Crippen LogP contribution in [-0.4, -0.2) is 52.8 Å². The first-order valence-electron chi connectivity index (χ1n) is 14.6. The second-order valence-corrected chi connectivity index (χ2v) is 13.8. The van der Waals surface area contributed by atoms with Gasteiger partial charge in [-0.3, -0.25) is 10.3 Å². The number of hydrogen-bond donors (Lipinski definition) is 2. The van der Waals surface area contributed by atoms with E-state index >= 15 is 0 Å². The van der Waals surface area contributed by atoms with Crippen molar-refractivity contribution in [2.75, 3.05) is 23.8 Å². The molecular weight excluding hydrogens is 599 g/mol. The average molecular weight is 637 g/mol. The summed E-state index contributed by atoms with van der Waals surface area (Å²) in [6, 6.07) is 16.6. The van der Waals surface area contributed by atoms with Gasteiger partial charge >= 0.3 is 6.03 Å². The van der Waals surface area contributed by atoms with Gasteiger partial charge in [-0.1, -0.05) is 39.0 Å². The van der Waals surface area contributed by atoms with Crippen molar-refractivity contribution in [3.05, 3.63) is 90.1 Å². The molecule has 0 spiro atoms. The molecule has 1 fully saturated rings. The van der Waals surface area contributed by atoms with Gasteiger partial charge in [0.05, 0.1) is 22.4 Å². The van der Waals surface area contributed by atoms with Crippen LogP contribution in [0.3, 0.4) is 0 Å². The highest BCUT2D eigenvalue weighted by atomic mass is 32.2. The molecule has 1 saturated heterocycles. The van der Waals surface area contributed by atoms with Gasteiger partial charge in [0.2, 0.25) is 10.0 Å². The number of hydrogen-bond acceptors (Lipinski definition) is 7. The van der Waals surface area contributed by atoms with Gasteiger partial charge in [0.25, 0.3) is 0 Å². The highest BCUT2D eigenvalue weighted by Gasteiger charge is 2.31. The zero-order valence-electron chi connectivity index (χ0n) is 25.7. The minimum atomic E-state index is -3.94. The number of carbonyl (C=O) groups is 1. The normalized spacial score (nSPS) is 15.3. The molecule has 3 heterocycles. The maximum atomic E-state index is 15.0. The number of nitrogens with zero attached hydrogens (tertiary/aromatic N) is 4. The first kappa shape index (κ1) is 32.1. The van der Waals surface area contributed by atoms with Crippen molar-refractivity contribution >= 4 is 27.6 Å². The zero-order valence-corrected chi connectivity index (χ0v) is 26.5. The number of nitrogens with one attached hydrogen (secondary N) is 2. The summed E-state index contributed by atoms with van der Waals surface area (Å²) in [5.41, 5.74) is 0.903. The number of amides is 2. The number of urea groups is 1. The summed E-state index contributed by atoms with van der Waals surface area (Å²) >= 11 is 0. The fourth-order valence-electron chi connectivity index (χ4n) is 4.78. The molecule has 1 atom stereocenters. The lowest BCUT2D eigenvalue weighted by molar-refractivity contribution is 0.0875. The Balaban J connectivity index is 1.37. The highest BCUT2D eigenvalue weighted by molar-refractivity contribution is 7.89. The molecule has 4 aromatic rings. The van der Waals surface area contributed by atoms with Crippen LogP contribution in [0.4, 0.5) is 20.7 Å². The monoisotopic (exact) mass is 636 g/mol. The Bertz CT molecular complexity index is 1750. The van der Waals surface area contributed by atoms with Gasteiger partial charge in [-0.25, -0.2) is 22.3 Å². The maximum absolute atomic E-state index is 15.0. The number of pyridine rings is 1. The van der Waals surface area contributed by atoms with Crippen LogP contribution in [0.1, 0.15) is 45.0 Å². The number of anilines is 2. The van der Waals surface area contributed by atoms with Crippen LogP contribution >= 0.6 is 0 Å². The number of ether oxygens (including phenoxy) is 2. The summed E-state index contributed by atoms with van der Waals surface area (Å²) in [5, 5.41) is 9.91. The van der Waals surface area contributed by atoms with Crippen molar-refractivity contribution in [1.82, 2.24) is 19.1 Å². The van der Waals surface area contributed by atoms with Crippen LogP contribution in [0, 0.1) is 12.7 Å². The topological polar surface area (TPSA) is 128 Å². The number of sulfonamides is 1. The van der Waals surface area contributed by atoms with Crippen molar-refractivity contribution < 1.29 is 27.1 Å². The molecule has 2 amide bonds. The minimum Gasteiger partial charge on any atom is -0.457 e. The molecule has 0 saturated carbocycles. The fraction of sp³-hybridized carbons (Fsp3) is 0.344. The number of aryl methyl sites for hydroxylation is 1. The van der Waals surface area contributed by atoms with E-state index in [0.29, 0.717) is 18.1 Å². The molecule has 13 heteroatoms. The second-order valence-electron chi connectivity index (χ2n) is 11.8. The molecule has 11 nitrogen and oxygen atoms in total. The van der Waals surface area contributed by atoms with E-state index in [2.05, 4.69) is 20.7 Å². The quantitative estimate of drug-likeness (QED) is 0.210. The maximum Gasteiger partial charge on any atom is 0.324 e. The molecule has 0 aliphatic carbocycles. The van der Waals surface area contributed by atoms with Gasteiger partial charge in [0, 0.05) is 48.7 Å². The van der Waals surface area contributed by atoms with Crippen molar-refractivity contribution in [3.8, 4) is 11.5 Å². The number of halogens is 1. The van der Waals surface area contributed by atoms with E-state index in [4.69, 9.17) is 9.47 Å². The Morgan fingerprint density at radius 1 is 1.09 bits per heavy atom. The molecule has 2 aromatic carbocycles. The number of carbonyl (C=O) groups excluding carboxylic acids is 1. The minimum absolute atomic E-state index is 0.0699. The van der Waals surface area contributed by atoms with E-state index in [9.17, 15) is 17.6 Å². The van der Waals surface area contributed by atoms with E-state index in [-0.39, 0.29) is 41.5 Å². The lowest BCUT2D eigenvalue weighted by Gasteiger charge is -2.25. The third kappa shape index (κ3) is 8.04. The molecule has 2 N–H and O–H groups in total. The summed E-state index contributed by atoms with van der Waals surface area (Å²) in [4.78, 5) is 17.4. The Morgan fingerprint density at radius 2 is 1.84 bits per heavy atom. The molecule has 45 heavy (non-hydrogen) atoms. The molecule has 0 radical (unpaired) electrons. The van der Waals surface area contributed by atoms with Crippen molar-refractivity contribution in [3.63, 3.8) is 0 Å². The molecule has 0 bridgehead atoms. The summed E-state index contributed by atoms with van der Waals surface area (Å²) in [6.45, 7) is 8.20. The zero-order chi connectivity index (χ0) is 32.2.